The Bertz CT molecular complexity index is 430. The summed E-state index contributed by atoms with van der Waals surface area (Å²) in [6, 6.07) is 2.06. The SMILES string of the molecule is COc1c(F)cc(C(F)F)cc1C1(N)CCC1. The number of methoxy groups -OCH3 is 1. The molecule has 0 radical (unpaired) electrons. The first-order chi connectivity index (χ1) is 7.98. The number of rotatable bonds is 3. The summed E-state index contributed by atoms with van der Waals surface area (Å²) in [7, 11) is 1.31. The number of alkyl halides is 2. The van der Waals surface area contributed by atoms with Crippen molar-refractivity contribution in [2.24, 2.45) is 5.73 Å². The van der Waals surface area contributed by atoms with Gasteiger partial charge in [-0.15, -0.1) is 0 Å². The summed E-state index contributed by atoms with van der Waals surface area (Å²) < 4.78 is 43.8. The van der Waals surface area contributed by atoms with Crippen molar-refractivity contribution in [3.8, 4) is 5.75 Å². The average Bonchev–Trinajstić information content (AvgIpc) is 2.24. The molecule has 2 nitrogen and oxygen atoms in total. The van der Waals surface area contributed by atoms with Crippen molar-refractivity contribution in [3.63, 3.8) is 0 Å². The molecule has 0 amide bonds. The third kappa shape index (κ3) is 1.99. The molecule has 1 aromatic carbocycles. The quantitative estimate of drug-likeness (QED) is 0.888. The topological polar surface area (TPSA) is 35.2 Å². The van der Waals surface area contributed by atoms with Gasteiger partial charge in [0.15, 0.2) is 11.6 Å². The van der Waals surface area contributed by atoms with Crippen LogP contribution in [0.25, 0.3) is 0 Å². The van der Waals surface area contributed by atoms with Gasteiger partial charge in [0, 0.05) is 16.7 Å². The molecule has 0 aliphatic heterocycles. The molecule has 0 aromatic heterocycles. The zero-order valence-electron chi connectivity index (χ0n) is 9.47. The highest BCUT2D eigenvalue weighted by Crippen LogP contribution is 2.44. The number of benzene rings is 1. The van der Waals surface area contributed by atoms with Crippen LogP contribution in [-0.2, 0) is 5.54 Å². The molecule has 1 aliphatic rings. The molecule has 0 unspecified atom stereocenters. The Labute approximate surface area is 97.6 Å². The highest BCUT2D eigenvalue weighted by molar-refractivity contribution is 5.44. The fourth-order valence-corrected chi connectivity index (χ4v) is 2.14. The molecule has 0 bridgehead atoms. The molecule has 17 heavy (non-hydrogen) atoms. The maximum Gasteiger partial charge on any atom is 0.263 e. The van der Waals surface area contributed by atoms with E-state index in [-0.39, 0.29) is 11.3 Å². The van der Waals surface area contributed by atoms with Crippen LogP contribution in [0.1, 0.15) is 36.8 Å². The number of nitrogens with two attached hydrogens (primary N) is 1. The molecule has 0 heterocycles. The molecule has 1 fully saturated rings. The molecule has 5 heteroatoms. The van der Waals surface area contributed by atoms with Crippen LogP contribution < -0.4 is 10.5 Å². The molecule has 1 aromatic rings. The lowest BCUT2D eigenvalue weighted by molar-refractivity contribution is 0.149. The fourth-order valence-electron chi connectivity index (χ4n) is 2.14. The van der Waals surface area contributed by atoms with Crippen LogP contribution in [0.2, 0.25) is 0 Å². The van der Waals surface area contributed by atoms with E-state index in [1.165, 1.54) is 13.2 Å². The Morgan fingerprint density at radius 3 is 2.41 bits per heavy atom. The molecule has 2 rings (SSSR count). The minimum atomic E-state index is -2.71. The Morgan fingerprint density at radius 2 is 2.00 bits per heavy atom. The van der Waals surface area contributed by atoms with Crippen LogP contribution in [0, 0.1) is 5.82 Å². The number of ether oxygens (including phenoxy) is 1. The van der Waals surface area contributed by atoms with E-state index in [1.54, 1.807) is 0 Å². The molecular weight excluding hydrogens is 231 g/mol. The second kappa shape index (κ2) is 4.22. The van der Waals surface area contributed by atoms with E-state index >= 15 is 0 Å². The van der Waals surface area contributed by atoms with Crippen molar-refractivity contribution in [1.29, 1.82) is 0 Å². The summed E-state index contributed by atoms with van der Waals surface area (Å²) in [5.74, 6) is -0.798. The van der Waals surface area contributed by atoms with Gasteiger partial charge in [-0.1, -0.05) is 0 Å². The highest BCUT2D eigenvalue weighted by atomic mass is 19.3. The maximum atomic E-state index is 13.6. The molecule has 0 atom stereocenters. The van der Waals surface area contributed by atoms with Gasteiger partial charge in [0.1, 0.15) is 0 Å². The summed E-state index contributed by atoms with van der Waals surface area (Å²) in [5.41, 5.74) is 5.32. The number of halogens is 3. The second-order valence-electron chi connectivity index (χ2n) is 4.39. The number of hydrogen-bond donors (Lipinski definition) is 1. The fraction of sp³-hybridized carbons (Fsp3) is 0.500. The van der Waals surface area contributed by atoms with Crippen molar-refractivity contribution in [1.82, 2.24) is 0 Å². The van der Waals surface area contributed by atoms with E-state index in [2.05, 4.69) is 0 Å². The van der Waals surface area contributed by atoms with Crippen molar-refractivity contribution in [2.45, 2.75) is 31.2 Å². The van der Waals surface area contributed by atoms with Crippen molar-refractivity contribution >= 4 is 0 Å². The van der Waals surface area contributed by atoms with E-state index in [0.717, 1.165) is 12.5 Å². The predicted molar refractivity (Wildman–Crippen MR) is 57.6 cm³/mol. The minimum absolute atomic E-state index is 0.0170. The van der Waals surface area contributed by atoms with Gasteiger partial charge in [0.05, 0.1) is 7.11 Å². The molecular formula is C12H14F3NO. The Hall–Kier alpha value is -1.23. The van der Waals surface area contributed by atoms with E-state index in [9.17, 15) is 13.2 Å². The molecule has 1 aliphatic carbocycles. The van der Waals surface area contributed by atoms with Gasteiger partial charge in [-0.2, -0.15) is 0 Å². The standard InChI is InChI=1S/C12H14F3NO/c1-17-10-8(12(16)3-2-4-12)5-7(11(14)15)6-9(10)13/h5-6,11H,2-4,16H2,1H3. The largest absolute Gasteiger partial charge is 0.493 e. The van der Waals surface area contributed by atoms with Gasteiger partial charge in [0.25, 0.3) is 6.43 Å². The van der Waals surface area contributed by atoms with Crippen LogP contribution in [0.3, 0.4) is 0 Å². The zero-order valence-corrected chi connectivity index (χ0v) is 9.47. The molecule has 94 valence electrons. The lowest BCUT2D eigenvalue weighted by Gasteiger charge is -2.39. The van der Waals surface area contributed by atoms with Crippen molar-refractivity contribution in [2.75, 3.05) is 7.11 Å². The van der Waals surface area contributed by atoms with Crippen LogP contribution in [0.5, 0.6) is 5.75 Å². The van der Waals surface area contributed by atoms with Crippen molar-refractivity contribution in [3.05, 3.63) is 29.1 Å². The van der Waals surface area contributed by atoms with Gasteiger partial charge in [-0.3, -0.25) is 0 Å². The Morgan fingerprint density at radius 1 is 1.35 bits per heavy atom. The second-order valence-corrected chi connectivity index (χ2v) is 4.39. The molecule has 2 N–H and O–H groups in total. The van der Waals surface area contributed by atoms with Crippen molar-refractivity contribution < 1.29 is 17.9 Å². The van der Waals surface area contributed by atoms with E-state index < -0.39 is 17.8 Å². The number of hydrogen-bond acceptors (Lipinski definition) is 2. The normalized spacial score (nSPS) is 18.0. The first-order valence-electron chi connectivity index (χ1n) is 5.43. The van der Waals surface area contributed by atoms with Crippen LogP contribution in [0.4, 0.5) is 13.2 Å². The molecule has 0 spiro atoms. The summed E-state index contributed by atoms with van der Waals surface area (Å²) in [4.78, 5) is 0. The van der Waals surface area contributed by atoms with Crippen LogP contribution in [-0.4, -0.2) is 7.11 Å². The Kier molecular flexibility index (Phi) is 3.03. The third-order valence-electron chi connectivity index (χ3n) is 3.30. The first kappa shape index (κ1) is 12.2. The average molecular weight is 245 g/mol. The summed E-state index contributed by atoms with van der Waals surface area (Å²) >= 11 is 0. The zero-order chi connectivity index (χ0) is 12.6. The lowest BCUT2D eigenvalue weighted by Crippen LogP contribution is -2.43. The summed E-state index contributed by atoms with van der Waals surface area (Å²) in [5, 5.41) is 0. The van der Waals surface area contributed by atoms with E-state index in [0.29, 0.717) is 18.4 Å². The van der Waals surface area contributed by atoms with Gasteiger partial charge >= 0.3 is 0 Å². The third-order valence-corrected chi connectivity index (χ3v) is 3.30. The smallest absolute Gasteiger partial charge is 0.263 e. The summed E-state index contributed by atoms with van der Waals surface area (Å²) in [6.07, 6.45) is -0.469. The predicted octanol–water partition coefficient (Wildman–Crippen LogP) is 3.11. The molecule has 0 saturated heterocycles. The molecule has 1 saturated carbocycles. The van der Waals surface area contributed by atoms with Gasteiger partial charge in [-0.25, -0.2) is 13.2 Å². The van der Waals surface area contributed by atoms with Crippen LogP contribution in [0.15, 0.2) is 12.1 Å². The highest BCUT2D eigenvalue weighted by Gasteiger charge is 2.38. The maximum absolute atomic E-state index is 13.6. The van der Waals surface area contributed by atoms with Crippen LogP contribution >= 0.6 is 0 Å². The van der Waals surface area contributed by atoms with Gasteiger partial charge in [-0.05, 0) is 31.4 Å². The lowest BCUT2D eigenvalue weighted by atomic mass is 9.72. The van der Waals surface area contributed by atoms with E-state index in [1.807, 2.05) is 0 Å². The minimum Gasteiger partial charge on any atom is -0.493 e. The van der Waals surface area contributed by atoms with Gasteiger partial charge < -0.3 is 10.5 Å². The Balaban J connectivity index is 2.54. The summed E-state index contributed by atoms with van der Waals surface area (Å²) in [6.45, 7) is 0. The first-order valence-corrected chi connectivity index (χ1v) is 5.43. The van der Waals surface area contributed by atoms with Gasteiger partial charge in [0.2, 0.25) is 0 Å². The van der Waals surface area contributed by atoms with E-state index in [4.69, 9.17) is 10.5 Å². The monoisotopic (exact) mass is 245 g/mol.